The Morgan fingerprint density at radius 1 is 1.47 bits per heavy atom. The van der Waals surface area contributed by atoms with E-state index in [0.29, 0.717) is 11.8 Å². The van der Waals surface area contributed by atoms with Crippen molar-refractivity contribution in [1.29, 1.82) is 0 Å². The van der Waals surface area contributed by atoms with Gasteiger partial charge < -0.3 is 10.4 Å². The van der Waals surface area contributed by atoms with Crippen LogP contribution < -0.4 is 5.32 Å². The van der Waals surface area contributed by atoms with E-state index in [1.54, 1.807) is 6.07 Å². The molecular formula is C13H19BrClNO. The van der Waals surface area contributed by atoms with E-state index in [0.717, 1.165) is 22.5 Å². The van der Waals surface area contributed by atoms with Crippen LogP contribution in [0.5, 0.6) is 5.75 Å². The fraction of sp³-hybridized carbons (Fsp3) is 0.538. The highest BCUT2D eigenvalue weighted by molar-refractivity contribution is 9.10. The van der Waals surface area contributed by atoms with Crippen LogP contribution in [-0.2, 0) is 6.54 Å². The van der Waals surface area contributed by atoms with Crippen LogP contribution in [0.4, 0.5) is 0 Å². The molecule has 2 unspecified atom stereocenters. The predicted octanol–water partition coefficient (Wildman–Crippen LogP) is 3.85. The number of hydrogen-bond donors (Lipinski definition) is 2. The van der Waals surface area contributed by atoms with E-state index in [2.05, 4.69) is 28.2 Å². The average molecular weight is 321 g/mol. The van der Waals surface area contributed by atoms with Gasteiger partial charge in [0.2, 0.25) is 0 Å². The molecule has 1 aromatic carbocycles. The molecule has 96 valence electrons. The summed E-state index contributed by atoms with van der Waals surface area (Å²) < 4.78 is 1.02. The maximum atomic E-state index is 9.68. The van der Waals surface area contributed by atoms with Gasteiger partial charge in [0.25, 0.3) is 0 Å². The number of hydrogen-bond acceptors (Lipinski definition) is 2. The molecule has 0 spiro atoms. The van der Waals surface area contributed by atoms with Crippen molar-refractivity contribution in [2.45, 2.75) is 38.8 Å². The summed E-state index contributed by atoms with van der Waals surface area (Å²) in [5.74, 6) is 1.24. The summed E-state index contributed by atoms with van der Waals surface area (Å²) in [4.78, 5) is 0. The molecule has 0 radical (unpaired) electrons. The van der Waals surface area contributed by atoms with Crippen molar-refractivity contribution in [2.75, 3.05) is 0 Å². The third-order valence-electron chi connectivity index (χ3n) is 3.18. The van der Waals surface area contributed by atoms with E-state index in [1.165, 1.54) is 19.3 Å². The monoisotopic (exact) mass is 319 g/mol. The first-order chi connectivity index (χ1) is 7.70. The molecular weight excluding hydrogens is 302 g/mol. The average Bonchev–Trinajstić information content (AvgIpc) is 2.99. The Labute approximate surface area is 117 Å². The van der Waals surface area contributed by atoms with Gasteiger partial charge in [-0.2, -0.15) is 0 Å². The van der Waals surface area contributed by atoms with Crippen molar-refractivity contribution in [3.63, 3.8) is 0 Å². The second kappa shape index (κ2) is 6.62. The van der Waals surface area contributed by atoms with E-state index < -0.39 is 0 Å². The number of rotatable bonds is 5. The second-order valence-corrected chi connectivity index (χ2v) is 5.46. The normalized spacial score (nSPS) is 22.0. The van der Waals surface area contributed by atoms with Gasteiger partial charge in [0.1, 0.15) is 5.75 Å². The Morgan fingerprint density at radius 2 is 2.24 bits per heavy atom. The van der Waals surface area contributed by atoms with Crippen LogP contribution in [0.1, 0.15) is 31.7 Å². The lowest BCUT2D eigenvalue weighted by molar-refractivity contribution is 0.463. The number of nitrogens with one attached hydrogen (secondary N) is 1. The largest absolute Gasteiger partial charge is 0.508 e. The zero-order chi connectivity index (χ0) is 11.5. The van der Waals surface area contributed by atoms with Crippen LogP contribution in [-0.4, -0.2) is 11.1 Å². The molecule has 0 aromatic heterocycles. The van der Waals surface area contributed by atoms with Crippen LogP contribution in [0.3, 0.4) is 0 Å². The minimum absolute atomic E-state index is 0. The van der Waals surface area contributed by atoms with Gasteiger partial charge >= 0.3 is 0 Å². The molecule has 0 amide bonds. The number of aromatic hydroxyl groups is 1. The second-order valence-electron chi connectivity index (χ2n) is 4.54. The highest BCUT2D eigenvalue weighted by atomic mass is 79.9. The third-order valence-corrected chi connectivity index (χ3v) is 3.67. The first-order valence-electron chi connectivity index (χ1n) is 5.91. The Morgan fingerprint density at radius 3 is 2.94 bits per heavy atom. The van der Waals surface area contributed by atoms with Crippen molar-refractivity contribution < 1.29 is 5.11 Å². The summed E-state index contributed by atoms with van der Waals surface area (Å²) in [6, 6.07) is 6.23. The lowest BCUT2D eigenvalue weighted by atomic mass is 10.2. The van der Waals surface area contributed by atoms with Crippen molar-refractivity contribution in [3.05, 3.63) is 28.2 Å². The molecule has 2 rings (SSSR count). The molecule has 1 aromatic rings. The Balaban J connectivity index is 0.00000144. The van der Waals surface area contributed by atoms with Gasteiger partial charge in [-0.3, -0.25) is 0 Å². The summed E-state index contributed by atoms with van der Waals surface area (Å²) in [7, 11) is 0. The van der Waals surface area contributed by atoms with Crippen LogP contribution in [0, 0.1) is 5.92 Å². The molecule has 4 heteroatoms. The van der Waals surface area contributed by atoms with Crippen molar-refractivity contribution >= 4 is 28.3 Å². The van der Waals surface area contributed by atoms with E-state index >= 15 is 0 Å². The fourth-order valence-electron chi connectivity index (χ4n) is 2.12. The first kappa shape index (κ1) is 14.8. The molecule has 1 aliphatic carbocycles. The van der Waals surface area contributed by atoms with Crippen molar-refractivity contribution in [3.8, 4) is 5.75 Å². The van der Waals surface area contributed by atoms with E-state index in [1.807, 2.05) is 12.1 Å². The van der Waals surface area contributed by atoms with E-state index in [4.69, 9.17) is 0 Å². The van der Waals surface area contributed by atoms with Crippen molar-refractivity contribution in [2.24, 2.45) is 5.92 Å². The zero-order valence-corrected chi connectivity index (χ0v) is 12.4. The van der Waals surface area contributed by atoms with Crippen LogP contribution in [0.2, 0.25) is 0 Å². The van der Waals surface area contributed by atoms with Gasteiger partial charge in [-0.25, -0.2) is 0 Å². The summed E-state index contributed by atoms with van der Waals surface area (Å²) in [5.41, 5.74) is 0.969. The molecule has 2 N–H and O–H groups in total. The smallest absolute Gasteiger partial charge is 0.120 e. The SMILES string of the molecule is CCCC1CC1NCc1cc(Br)ccc1O.Cl. The van der Waals surface area contributed by atoms with E-state index in [9.17, 15) is 5.11 Å². The first-order valence-corrected chi connectivity index (χ1v) is 6.70. The quantitative estimate of drug-likeness (QED) is 0.863. The standard InChI is InChI=1S/C13H18BrNO.ClH/c1-2-3-9-7-12(9)15-8-10-6-11(14)4-5-13(10)16;/h4-6,9,12,15-16H,2-3,7-8H2,1H3;1H. The van der Waals surface area contributed by atoms with Crippen molar-refractivity contribution in [1.82, 2.24) is 5.32 Å². The Bertz CT molecular complexity index is 372. The molecule has 2 atom stereocenters. The summed E-state index contributed by atoms with van der Waals surface area (Å²) >= 11 is 3.42. The van der Waals surface area contributed by atoms with Crippen LogP contribution >= 0.6 is 28.3 Å². The van der Waals surface area contributed by atoms with Gasteiger partial charge in [-0.15, -0.1) is 12.4 Å². The number of benzene rings is 1. The van der Waals surface area contributed by atoms with Gasteiger partial charge in [0.05, 0.1) is 0 Å². The summed E-state index contributed by atoms with van der Waals surface area (Å²) in [5, 5.41) is 13.2. The minimum Gasteiger partial charge on any atom is -0.508 e. The minimum atomic E-state index is 0. The van der Waals surface area contributed by atoms with Crippen LogP contribution in [0.15, 0.2) is 22.7 Å². The molecule has 0 saturated heterocycles. The van der Waals surface area contributed by atoms with Gasteiger partial charge in [-0.05, 0) is 37.0 Å². The fourth-order valence-corrected chi connectivity index (χ4v) is 2.53. The van der Waals surface area contributed by atoms with E-state index in [-0.39, 0.29) is 12.4 Å². The van der Waals surface area contributed by atoms with Gasteiger partial charge in [0, 0.05) is 22.6 Å². The Hall–Kier alpha value is -0.250. The topological polar surface area (TPSA) is 32.3 Å². The molecule has 2 nitrogen and oxygen atoms in total. The number of phenolic OH excluding ortho intramolecular Hbond substituents is 1. The highest BCUT2D eigenvalue weighted by Crippen LogP contribution is 2.35. The third kappa shape index (κ3) is 4.16. The summed E-state index contributed by atoms with van der Waals surface area (Å²) in [6.07, 6.45) is 3.88. The molecule has 1 aliphatic rings. The lowest BCUT2D eigenvalue weighted by Crippen LogP contribution is -2.17. The molecule has 1 fully saturated rings. The maximum Gasteiger partial charge on any atom is 0.120 e. The molecule has 17 heavy (non-hydrogen) atoms. The van der Waals surface area contributed by atoms with Gasteiger partial charge in [0.15, 0.2) is 0 Å². The lowest BCUT2D eigenvalue weighted by Gasteiger charge is -2.07. The van der Waals surface area contributed by atoms with Gasteiger partial charge in [-0.1, -0.05) is 29.3 Å². The molecule has 0 bridgehead atoms. The number of halogens is 2. The summed E-state index contributed by atoms with van der Waals surface area (Å²) in [6.45, 7) is 2.99. The Kier molecular flexibility index (Phi) is 5.77. The van der Waals surface area contributed by atoms with Crippen LogP contribution in [0.25, 0.3) is 0 Å². The highest BCUT2D eigenvalue weighted by Gasteiger charge is 2.35. The maximum absolute atomic E-state index is 9.68. The zero-order valence-electron chi connectivity index (χ0n) is 9.95. The number of phenols is 1. The predicted molar refractivity (Wildman–Crippen MR) is 76.7 cm³/mol. The molecule has 1 saturated carbocycles. The molecule has 0 heterocycles. The molecule has 0 aliphatic heterocycles.